The van der Waals surface area contributed by atoms with Crippen LogP contribution in [0.25, 0.3) is 10.9 Å². The molecule has 3 rings (SSSR count). The van der Waals surface area contributed by atoms with Gasteiger partial charge in [-0.25, -0.2) is 9.97 Å². The van der Waals surface area contributed by atoms with Crippen LogP contribution < -0.4 is 0 Å². The van der Waals surface area contributed by atoms with Gasteiger partial charge in [0.05, 0.1) is 11.3 Å². The zero-order valence-corrected chi connectivity index (χ0v) is 14.6. The van der Waals surface area contributed by atoms with Crippen molar-refractivity contribution in [2.75, 3.05) is 18.8 Å². The summed E-state index contributed by atoms with van der Waals surface area (Å²) in [4.78, 5) is 23.7. The van der Waals surface area contributed by atoms with Gasteiger partial charge in [-0.1, -0.05) is 43.8 Å². The predicted molar refractivity (Wildman–Crippen MR) is 94.6 cm³/mol. The van der Waals surface area contributed by atoms with Gasteiger partial charge in [-0.2, -0.15) is 0 Å². The van der Waals surface area contributed by atoms with Crippen molar-refractivity contribution in [2.45, 2.75) is 38.1 Å². The van der Waals surface area contributed by atoms with Crippen molar-refractivity contribution >= 4 is 28.6 Å². The van der Waals surface area contributed by atoms with E-state index in [1.165, 1.54) is 6.42 Å². The van der Waals surface area contributed by atoms with Crippen LogP contribution in [-0.2, 0) is 11.2 Å². The van der Waals surface area contributed by atoms with Crippen molar-refractivity contribution in [3.05, 3.63) is 30.1 Å². The normalized spacial score (nSPS) is 18.3. The Kier molecular flexibility index (Phi) is 5.16. The number of amides is 1. The molecule has 1 saturated heterocycles. The fourth-order valence-electron chi connectivity index (χ4n) is 3.00. The van der Waals surface area contributed by atoms with E-state index in [-0.39, 0.29) is 5.91 Å². The number of benzene rings is 1. The second-order valence-corrected chi connectivity index (χ2v) is 7.16. The number of para-hydroxylation sites is 1. The number of carbonyl (C=O) groups is 1. The number of nitrogens with zero attached hydrogens (tertiary/aromatic N) is 3. The highest BCUT2D eigenvalue weighted by atomic mass is 32.2. The largest absolute Gasteiger partial charge is 0.342 e. The smallest absolute Gasteiger partial charge is 0.232 e. The number of aromatic nitrogens is 2. The number of carbonyl (C=O) groups excluding carboxylic acids is 1. The van der Waals surface area contributed by atoms with E-state index in [2.05, 4.69) is 23.8 Å². The van der Waals surface area contributed by atoms with E-state index in [1.807, 2.05) is 29.2 Å². The van der Waals surface area contributed by atoms with Crippen LogP contribution in [0.5, 0.6) is 0 Å². The highest BCUT2D eigenvalue weighted by Gasteiger charge is 2.21. The molecule has 1 aromatic carbocycles. The third-order valence-electron chi connectivity index (χ3n) is 4.27. The Labute approximate surface area is 141 Å². The van der Waals surface area contributed by atoms with Crippen LogP contribution in [0.1, 0.15) is 32.5 Å². The summed E-state index contributed by atoms with van der Waals surface area (Å²) in [7, 11) is 0. The average Bonchev–Trinajstić information content (AvgIpc) is 2.59. The molecule has 2 heterocycles. The van der Waals surface area contributed by atoms with E-state index in [9.17, 15) is 4.79 Å². The molecule has 1 aromatic heterocycles. The first kappa shape index (κ1) is 16.2. The quantitative estimate of drug-likeness (QED) is 0.636. The minimum Gasteiger partial charge on any atom is -0.342 e. The first-order valence-electron chi connectivity index (χ1n) is 8.33. The summed E-state index contributed by atoms with van der Waals surface area (Å²) in [5, 5.41) is 1.96. The molecule has 0 unspecified atom stereocenters. The van der Waals surface area contributed by atoms with Crippen LogP contribution in [0, 0.1) is 5.92 Å². The van der Waals surface area contributed by atoms with Crippen LogP contribution in [0.3, 0.4) is 0 Å². The molecular weight excluding hydrogens is 306 g/mol. The molecule has 5 heteroatoms. The summed E-state index contributed by atoms with van der Waals surface area (Å²) < 4.78 is 0. The molecule has 0 saturated carbocycles. The lowest BCUT2D eigenvalue weighted by Crippen LogP contribution is -2.40. The molecule has 2 aromatic rings. The molecule has 0 N–H and O–H groups in total. The van der Waals surface area contributed by atoms with Crippen molar-refractivity contribution < 1.29 is 4.79 Å². The van der Waals surface area contributed by atoms with Crippen molar-refractivity contribution in [3.8, 4) is 0 Å². The van der Waals surface area contributed by atoms with Crippen molar-refractivity contribution in [3.63, 3.8) is 0 Å². The number of rotatable bonds is 4. The highest BCUT2D eigenvalue weighted by molar-refractivity contribution is 8.00. The van der Waals surface area contributed by atoms with Crippen molar-refractivity contribution in [1.82, 2.24) is 14.9 Å². The summed E-state index contributed by atoms with van der Waals surface area (Å²) in [6.07, 6.45) is 3.15. The maximum Gasteiger partial charge on any atom is 0.232 e. The lowest BCUT2D eigenvalue weighted by molar-refractivity contribution is -0.130. The lowest BCUT2D eigenvalue weighted by atomic mass is 10.0. The zero-order valence-electron chi connectivity index (χ0n) is 13.8. The molecule has 0 bridgehead atoms. The van der Waals surface area contributed by atoms with Gasteiger partial charge in [0.15, 0.2) is 0 Å². The Bertz CT molecular complexity index is 704. The Morgan fingerprint density at radius 2 is 2.17 bits per heavy atom. The molecule has 122 valence electrons. The van der Waals surface area contributed by atoms with Gasteiger partial charge in [0.1, 0.15) is 10.9 Å². The number of hydrogen-bond acceptors (Lipinski definition) is 4. The number of likely N-dealkylation sites (tertiary alicyclic amines) is 1. The van der Waals surface area contributed by atoms with Crippen LogP contribution in [0.15, 0.2) is 29.3 Å². The van der Waals surface area contributed by atoms with Gasteiger partial charge < -0.3 is 4.90 Å². The number of fused-ring (bicyclic) bond motifs is 1. The van der Waals surface area contributed by atoms with Gasteiger partial charge in [-0.05, 0) is 24.8 Å². The molecule has 4 nitrogen and oxygen atoms in total. The standard InChI is InChI=1S/C18H23N3OS/c1-3-16-19-15-9-5-4-8-14(15)18(20-16)23-12-17(22)21-10-6-7-13(2)11-21/h4-5,8-9,13H,3,6-7,10-12H2,1-2H3/t13-/m0/s1. The third-order valence-corrected chi connectivity index (χ3v) is 5.25. The first-order chi connectivity index (χ1) is 11.2. The van der Waals surface area contributed by atoms with Crippen LogP contribution >= 0.6 is 11.8 Å². The fraction of sp³-hybridized carbons (Fsp3) is 0.500. The van der Waals surface area contributed by atoms with Crippen LogP contribution in [-0.4, -0.2) is 39.6 Å². The fourth-order valence-corrected chi connectivity index (χ4v) is 3.94. The minimum absolute atomic E-state index is 0.224. The second-order valence-electron chi connectivity index (χ2n) is 6.19. The summed E-state index contributed by atoms with van der Waals surface area (Å²) in [6.45, 7) is 6.06. The van der Waals surface area contributed by atoms with E-state index >= 15 is 0 Å². The molecule has 1 aliphatic rings. The van der Waals surface area contributed by atoms with Crippen molar-refractivity contribution in [1.29, 1.82) is 0 Å². The van der Waals surface area contributed by atoms with Gasteiger partial charge in [-0.15, -0.1) is 0 Å². The Hall–Kier alpha value is -1.62. The number of thioether (sulfide) groups is 1. The van der Waals surface area contributed by atoms with Gasteiger partial charge in [0.25, 0.3) is 0 Å². The lowest BCUT2D eigenvalue weighted by Gasteiger charge is -2.30. The number of piperidine rings is 1. The van der Waals surface area contributed by atoms with E-state index in [1.54, 1.807) is 11.8 Å². The molecule has 23 heavy (non-hydrogen) atoms. The van der Waals surface area contributed by atoms with Crippen molar-refractivity contribution in [2.24, 2.45) is 5.92 Å². The maximum absolute atomic E-state index is 12.5. The van der Waals surface area contributed by atoms with E-state index in [4.69, 9.17) is 0 Å². The molecule has 1 aliphatic heterocycles. The van der Waals surface area contributed by atoms with Gasteiger partial charge in [-0.3, -0.25) is 4.79 Å². The SMILES string of the molecule is CCc1nc(SCC(=O)N2CCC[C@H](C)C2)c2ccccc2n1. The topological polar surface area (TPSA) is 46.1 Å². The summed E-state index contributed by atoms with van der Waals surface area (Å²) >= 11 is 1.54. The number of aryl methyl sites for hydroxylation is 1. The van der Waals surface area contributed by atoms with Crippen LogP contribution in [0.2, 0.25) is 0 Å². The zero-order chi connectivity index (χ0) is 16.2. The van der Waals surface area contributed by atoms with E-state index in [0.717, 1.165) is 47.7 Å². The summed E-state index contributed by atoms with van der Waals surface area (Å²) in [5.41, 5.74) is 0.959. The molecule has 1 atom stereocenters. The first-order valence-corrected chi connectivity index (χ1v) is 9.32. The van der Waals surface area contributed by atoms with E-state index in [0.29, 0.717) is 11.7 Å². The molecule has 0 radical (unpaired) electrons. The van der Waals surface area contributed by atoms with Gasteiger partial charge >= 0.3 is 0 Å². The Morgan fingerprint density at radius 3 is 2.96 bits per heavy atom. The van der Waals surface area contributed by atoms with Crippen LogP contribution in [0.4, 0.5) is 0 Å². The Balaban J connectivity index is 1.74. The van der Waals surface area contributed by atoms with Gasteiger partial charge in [0.2, 0.25) is 5.91 Å². The monoisotopic (exact) mass is 329 g/mol. The number of hydrogen-bond donors (Lipinski definition) is 0. The highest BCUT2D eigenvalue weighted by Crippen LogP contribution is 2.26. The summed E-state index contributed by atoms with van der Waals surface area (Å²) in [5.74, 6) is 2.13. The summed E-state index contributed by atoms with van der Waals surface area (Å²) in [6, 6.07) is 8.03. The predicted octanol–water partition coefficient (Wildman–Crippen LogP) is 3.54. The molecule has 0 aliphatic carbocycles. The van der Waals surface area contributed by atoms with E-state index < -0.39 is 0 Å². The van der Waals surface area contributed by atoms with Gasteiger partial charge in [0, 0.05) is 24.9 Å². The maximum atomic E-state index is 12.5. The average molecular weight is 329 g/mol. The third kappa shape index (κ3) is 3.83. The molecular formula is C18H23N3OS. The second kappa shape index (κ2) is 7.30. The molecule has 1 amide bonds. The molecule has 1 fully saturated rings. The molecule has 0 spiro atoms. The Morgan fingerprint density at radius 1 is 1.35 bits per heavy atom. The minimum atomic E-state index is 0.224.